The third-order valence-electron chi connectivity index (χ3n) is 9.00. The molecule has 0 bridgehead atoms. The number of nitrogens with zero attached hydrogens (tertiary/aromatic N) is 3. The van der Waals surface area contributed by atoms with Crippen LogP contribution in [0.5, 0.6) is 0 Å². The first-order valence-electron chi connectivity index (χ1n) is 14.7. The van der Waals surface area contributed by atoms with Crippen LogP contribution >= 0.6 is 0 Å². The van der Waals surface area contributed by atoms with Crippen LogP contribution in [-0.4, -0.2) is 72.8 Å². The minimum atomic E-state index is -0.953. The van der Waals surface area contributed by atoms with Crippen molar-refractivity contribution in [1.29, 1.82) is 0 Å². The summed E-state index contributed by atoms with van der Waals surface area (Å²) in [6.07, 6.45) is 9.46. The molecule has 0 atom stereocenters. The largest absolute Gasteiger partial charge is 0.465 e. The van der Waals surface area contributed by atoms with Crippen molar-refractivity contribution < 1.29 is 14.7 Å². The van der Waals surface area contributed by atoms with Crippen molar-refractivity contribution in [2.45, 2.75) is 57.8 Å². The molecule has 0 radical (unpaired) electrons. The fourth-order valence-corrected chi connectivity index (χ4v) is 6.54. The lowest BCUT2D eigenvalue weighted by atomic mass is 9.82. The van der Waals surface area contributed by atoms with Gasteiger partial charge in [-0.2, -0.15) is 0 Å². The van der Waals surface area contributed by atoms with E-state index in [9.17, 15) is 9.59 Å². The van der Waals surface area contributed by atoms with Crippen molar-refractivity contribution in [2.24, 2.45) is 17.8 Å². The zero-order chi connectivity index (χ0) is 26.3. The number of pyridine rings is 1. The summed E-state index contributed by atoms with van der Waals surface area (Å²) in [7, 11) is 0. The summed E-state index contributed by atoms with van der Waals surface area (Å²) >= 11 is 0. The Bertz CT molecular complexity index is 1090. The molecule has 1 saturated carbocycles. The second-order valence-electron chi connectivity index (χ2n) is 11.6. The number of amides is 2. The Balaban J connectivity index is 1.17. The highest BCUT2D eigenvalue weighted by atomic mass is 16.4. The van der Waals surface area contributed by atoms with Gasteiger partial charge in [0.05, 0.1) is 11.1 Å². The van der Waals surface area contributed by atoms with Crippen LogP contribution in [0.25, 0.3) is 10.9 Å². The van der Waals surface area contributed by atoms with E-state index in [1.165, 1.54) is 51.7 Å². The zero-order valence-corrected chi connectivity index (χ0v) is 22.5. The van der Waals surface area contributed by atoms with Gasteiger partial charge in [-0.1, -0.05) is 18.2 Å². The Morgan fingerprint density at radius 3 is 2.21 bits per heavy atom. The number of nitrogens with one attached hydrogen (secondary N) is 2. The fourth-order valence-electron chi connectivity index (χ4n) is 6.54. The van der Waals surface area contributed by atoms with E-state index in [2.05, 4.69) is 20.4 Å². The average Bonchev–Trinajstić information content (AvgIpc) is 3.48. The molecule has 8 nitrogen and oxygen atoms in total. The summed E-state index contributed by atoms with van der Waals surface area (Å²) in [6.45, 7) is 6.97. The second kappa shape index (κ2) is 12.8. The molecule has 3 N–H and O–H groups in total. The van der Waals surface area contributed by atoms with Gasteiger partial charge >= 0.3 is 6.09 Å². The van der Waals surface area contributed by atoms with Crippen LogP contribution < -0.4 is 15.5 Å². The number of hydrogen-bond acceptors (Lipinski definition) is 5. The van der Waals surface area contributed by atoms with E-state index in [0.717, 1.165) is 61.4 Å². The fraction of sp³-hybridized carbons (Fsp3) is 0.633. The number of piperidine rings is 1. The minimum absolute atomic E-state index is 0.0278. The normalized spacial score (nSPS) is 23.0. The van der Waals surface area contributed by atoms with Crippen LogP contribution in [0.4, 0.5) is 10.6 Å². The number of carboxylic acid groups (broad SMARTS) is 1. The Kier molecular flexibility index (Phi) is 8.99. The van der Waals surface area contributed by atoms with E-state index in [1.54, 1.807) is 0 Å². The van der Waals surface area contributed by atoms with Gasteiger partial charge in [-0.25, -0.2) is 9.78 Å². The molecular formula is C30H43N5O3. The Labute approximate surface area is 226 Å². The molecule has 5 rings (SSSR count). The third kappa shape index (κ3) is 6.95. The van der Waals surface area contributed by atoms with Gasteiger partial charge in [0.25, 0.3) is 5.91 Å². The molecule has 2 aliphatic heterocycles. The maximum absolute atomic E-state index is 13.4. The zero-order valence-electron chi connectivity index (χ0n) is 22.5. The number of carbonyl (C=O) groups excluding carboxylic acids is 1. The maximum atomic E-state index is 13.4. The first-order chi connectivity index (χ1) is 18.5. The number of benzene rings is 1. The van der Waals surface area contributed by atoms with Gasteiger partial charge in [-0.15, -0.1) is 0 Å². The molecule has 206 valence electrons. The van der Waals surface area contributed by atoms with Crippen LogP contribution in [0.2, 0.25) is 0 Å². The lowest BCUT2D eigenvalue weighted by Crippen LogP contribution is -2.36. The van der Waals surface area contributed by atoms with E-state index >= 15 is 0 Å². The van der Waals surface area contributed by atoms with Gasteiger partial charge in [0.15, 0.2) is 0 Å². The highest BCUT2D eigenvalue weighted by Gasteiger charge is 2.25. The van der Waals surface area contributed by atoms with E-state index in [-0.39, 0.29) is 5.91 Å². The number of fused-ring (bicyclic) bond motifs is 1. The molecule has 0 unspecified atom stereocenters. The summed E-state index contributed by atoms with van der Waals surface area (Å²) in [5, 5.41) is 15.4. The highest BCUT2D eigenvalue weighted by molar-refractivity contribution is 6.07. The number of carbonyl (C=O) groups is 2. The highest BCUT2D eigenvalue weighted by Crippen LogP contribution is 2.30. The first kappa shape index (κ1) is 26.7. The van der Waals surface area contributed by atoms with Gasteiger partial charge in [-0.05, 0) is 107 Å². The molecular weight excluding hydrogens is 478 g/mol. The molecule has 3 fully saturated rings. The molecule has 3 heterocycles. The van der Waals surface area contributed by atoms with Gasteiger partial charge in [0.2, 0.25) is 0 Å². The summed E-state index contributed by atoms with van der Waals surface area (Å²) in [5.74, 6) is 2.50. The predicted octanol–water partition coefficient (Wildman–Crippen LogP) is 4.74. The Hall–Kier alpha value is -2.87. The third-order valence-corrected chi connectivity index (χ3v) is 9.00. The summed E-state index contributed by atoms with van der Waals surface area (Å²) < 4.78 is 0. The van der Waals surface area contributed by atoms with E-state index in [4.69, 9.17) is 10.1 Å². The molecule has 1 aromatic carbocycles. The van der Waals surface area contributed by atoms with E-state index in [0.29, 0.717) is 30.5 Å². The SMILES string of the molecule is O=C(O)NC[C@H]1CC[C@H](CNC(=O)c2cc(N3CCC(CCN4CCCC4)CC3)nc3ccccc23)CC1. The minimum Gasteiger partial charge on any atom is -0.465 e. The van der Waals surface area contributed by atoms with Gasteiger partial charge in [0.1, 0.15) is 5.82 Å². The molecule has 3 aliphatic rings. The van der Waals surface area contributed by atoms with Crippen molar-refractivity contribution in [1.82, 2.24) is 20.5 Å². The molecule has 2 amide bonds. The molecule has 2 aromatic rings. The maximum Gasteiger partial charge on any atom is 0.404 e. The average molecular weight is 522 g/mol. The Morgan fingerprint density at radius 2 is 1.53 bits per heavy atom. The van der Waals surface area contributed by atoms with Crippen LogP contribution in [0.15, 0.2) is 30.3 Å². The smallest absolute Gasteiger partial charge is 0.404 e. The summed E-state index contributed by atoms with van der Waals surface area (Å²) in [5.41, 5.74) is 1.58. The van der Waals surface area contributed by atoms with E-state index in [1.807, 2.05) is 30.3 Å². The topological polar surface area (TPSA) is 97.8 Å². The summed E-state index contributed by atoms with van der Waals surface area (Å²) in [4.78, 5) is 34.1. The number of rotatable bonds is 9. The molecule has 8 heteroatoms. The lowest BCUT2D eigenvalue weighted by molar-refractivity contribution is 0.0942. The Morgan fingerprint density at radius 1 is 0.868 bits per heavy atom. The second-order valence-corrected chi connectivity index (χ2v) is 11.6. The number of hydrogen-bond donors (Lipinski definition) is 3. The van der Waals surface area contributed by atoms with Gasteiger partial charge < -0.3 is 25.5 Å². The van der Waals surface area contributed by atoms with Crippen LogP contribution in [0, 0.1) is 17.8 Å². The molecule has 2 saturated heterocycles. The van der Waals surface area contributed by atoms with Crippen molar-refractivity contribution in [3.8, 4) is 0 Å². The van der Waals surface area contributed by atoms with Crippen molar-refractivity contribution in [3.05, 3.63) is 35.9 Å². The molecule has 38 heavy (non-hydrogen) atoms. The number of likely N-dealkylation sites (tertiary alicyclic amines) is 1. The van der Waals surface area contributed by atoms with Gasteiger partial charge in [0, 0.05) is 31.6 Å². The monoisotopic (exact) mass is 521 g/mol. The number of anilines is 1. The molecule has 0 spiro atoms. The number of para-hydroxylation sites is 1. The van der Waals surface area contributed by atoms with Crippen LogP contribution in [0.3, 0.4) is 0 Å². The van der Waals surface area contributed by atoms with Crippen LogP contribution in [0.1, 0.15) is 68.1 Å². The predicted molar refractivity (Wildman–Crippen MR) is 151 cm³/mol. The van der Waals surface area contributed by atoms with Crippen molar-refractivity contribution in [2.75, 3.05) is 50.7 Å². The molecule has 1 aliphatic carbocycles. The number of aromatic nitrogens is 1. The quantitative estimate of drug-likeness (QED) is 0.441. The van der Waals surface area contributed by atoms with Crippen LogP contribution in [-0.2, 0) is 0 Å². The molecule has 1 aromatic heterocycles. The van der Waals surface area contributed by atoms with Crippen molar-refractivity contribution in [3.63, 3.8) is 0 Å². The van der Waals surface area contributed by atoms with Gasteiger partial charge in [-0.3, -0.25) is 4.79 Å². The standard InChI is InChI=1S/C30H43N5O3/c36-29(31-20-23-7-9-24(10-8-23)21-32-30(37)38)26-19-28(33-27-6-2-1-5-25(26)27)35-17-12-22(13-18-35)11-16-34-14-3-4-15-34/h1-2,5-6,19,22-24,32H,3-4,7-18,20-21H2,(H,31,36)(H,37,38)/t23-,24-. The van der Waals surface area contributed by atoms with E-state index < -0.39 is 6.09 Å². The summed E-state index contributed by atoms with van der Waals surface area (Å²) in [6, 6.07) is 9.95. The van der Waals surface area contributed by atoms with Crippen molar-refractivity contribution >= 4 is 28.7 Å². The first-order valence-corrected chi connectivity index (χ1v) is 14.7. The lowest BCUT2D eigenvalue weighted by Gasteiger charge is -2.34.